The Balaban J connectivity index is 3.69. The van der Waals surface area contributed by atoms with Crippen LogP contribution in [0.2, 0.25) is 0 Å². The number of hydrogen-bond acceptors (Lipinski definition) is 3. The van der Waals surface area contributed by atoms with Crippen molar-refractivity contribution in [2.24, 2.45) is 0 Å². The Bertz CT molecular complexity index is 136. The third kappa shape index (κ3) is 5.31. The molecule has 0 atom stereocenters. The fraction of sp³-hybridized carbons (Fsp3) is 0. The predicted octanol–water partition coefficient (Wildman–Crippen LogP) is 0.872. The minimum Gasteiger partial charge on any atom is -0.299 e. The van der Waals surface area contributed by atoms with Gasteiger partial charge < -0.3 is 0 Å². The van der Waals surface area contributed by atoms with Gasteiger partial charge >= 0.3 is 7.68 Å². The molecule has 0 heterocycles. The van der Waals surface area contributed by atoms with Gasteiger partial charge in [0.25, 0.3) is 0 Å². The highest BCUT2D eigenvalue weighted by Crippen LogP contribution is 2.01. The lowest BCUT2D eigenvalue weighted by molar-refractivity contribution is -0.104. The zero-order valence-corrected chi connectivity index (χ0v) is 4.30. The zero-order valence-electron chi connectivity index (χ0n) is 3.40. The first-order valence-electron chi connectivity index (χ1n) is 1.53. The molecule has 0 unspecified atom stereocenters. The van der Waals surface area contributed by atoms with E-state index in [0.29, 0.717) is 6.29 Å². The first kappa shape index (κ1) is 6.31. The maximum Gasteiger partial charge on any atom is 0.341 e. The second kappa shape index (κ2) is 3.50. The minimum absolute atomic E-state index is 0.408. The molecule has 0 aromatic rings. The Hall–Kier alpha value is -0.690. The van der Waals surface area contributed by atoms with Gasteiger partial charge in [-0.1, -0.05) is 0 Å². The molecule has 7 heavy (non-hydrogen) atoms. The van der Waals surface area contributed by atoms with Crippen molar-refractivity contribution in [1.29, 1.82) is 0 Å². The average molecular weight is 118 g/mol. The number of aldehydes is 1. The maximum atomic E-state index is 9.55. The summed E-state index contributed by atoms with van der Waals surface area (Å²) in [5.74, 6) is 0.808. The number of carbonyl (C=O) groups is 1. The topological polar surface area (TPSA) is 51.2 Å². The van der Waals surface area contributed by atoms with E-state index in [9.17, 15) is 13.9 Å². The highest BCUT2D eigenvalue weighted by Gasteiger charge is 1.72. The van der Waals surface area contributed by atoms with Crippen LogP contribution >= 0.6 is 7.68 Å². The Labute approximate surface area is 40.9 Å². The number of carbonyl (C=O) groups excluding carboxylic acids is 1. The van der Waals surface area contributed by atoms with Crippen molar-refractivity contribution in [3.05, 3.63) is 11.9 Å². The van der Waals surface area contributed by atoms with E-state index in [2.05, 4.69) is 0 Å². The Morgan fingerprint density at radius 1 is 1.29 bits per heavy atom. The zero-order chi connectivity index (χ0) is 5.70. The van der Waals surface area contributed by atoms with Crippen molar-refractivity contribution in [2.75, 3.05) is 0 Å². The molecule has 0 aliphatic heterocycles. The highest BCUT2D eigenvalue weighted by atomic mass is 31.1. The molecule has 0 amide bonds. The number of hydrogen-bond donors (Lipinski definition) is 0. The molecular weight excluding hydrogens is 115 g/mol. The van der Waals surface area contributed by atoms with Crippen LogP contribution in [-0.4, -0.2) is 6.29 Å². The van der Waals surface area contributed by atoms with Crippen molar-refractivity contribution < 1.29 is 13.9 Å². The molecule has 0 spiro atoms. The molecule has 0 bridgehead atoms. The van der Waals surface area contributed by atoms with Crippen LogP contribution in [-0.2, 0) is 13.9 Å². The van der Waals surface area contributed by atoms with Crippen LogP contribution in [0.1, 0.15) is 0 Å². The lowest BCUT2D eigenvalue weighted by Gasteiger charge is -1.53. The van der Waals surface area contributed by atoms with Gasteiger partial charge in [0.05, 0.1) is 0 Å². The summed E-state index contributed by atoms with van der Waals surface area (Å²) in [7, 11) is -2.52. The second-order valence-corrected chi connectivity index (χ2v) is 1.63. The quantitative estimate of drug-likeness (QED) is 0.307. The Morgan fingerprint density at radius 2 is 1.86 bits per heavy atom. The fourth-order valence-electron chi connectivity index (χ4n) is 0.105. The van der Waals surface area contributed by atoms with Crippen LogP contribution in [0.4, 0.5) is 0 Å². The Morgan fingerprint density at radius 3 is 2.00 bits per heavy atom. The monoisotopic (exact) mass is 118 g/mol. The fourth-order valence-corrected chi connectivity index (χ4v) is 0.316. The van der Waals surface area contributed by atoms with Crippen LogP contribution in [0.15, 0.2) is 11.9 Å². The van der Waals surface area contributed by atoms with Gasteiger partial charge in [0.15, 0.2) is 0 Å². The minimum atomic E-state index is -2.52. The van der Waals surface area contributed by atoms with Crippen molar-refractivity contribution in [3.63, 3.8) is 0 Å². The summed E-state index contributed by atoms with van der Waals surface area (Å²) in [4.78, 5) is 9.36. The summed E-state index contributed by atoms with van der Waals surface area (Å²) in [5.41, 5.74) is 0. The lowest BCUT2D eigenvalue weighted by Crippen LogP contribution is -1.50. The van der Waals surface area contributed by atoms with Crippen LogP contribution in [0, 0.1) is 0 Å². The molecule has 3 nitrogen and oxygen atoms in total. The van der Waals surface area contributed by atoms with Crippen molar-refractivity contribution in [2.45, 2.75) is 0 Å². The third-order valence-electron chi connectivity index (χ3n) is 0.286. The van der Waals surface area contributed by atoms with E-state index in [1.807, 2.05) is 0 Å². The van der Waals surface area contributed by atoms with Crippen molar-refractivity contribution in [1.82, 2.24) is 0 Å². The largest absolute Gasteiger partial charge is 0.341 e. The molecule has 0 aromatic carbocycles. The van der Waals surface area contributed by atoms with Gasteiger partial charge in [-0.15, -0.1) is 0 Å². The van der Waals surface area contributed by atoms with E-state index < -0.39 is 7.68 Å². The molecule has 0 fully saturated rings. The molecule has 0 N–H and O–H groups in total. The van der Waals surface area contributed by atoms with E-state index in [4.69, 9.17) is 0 Å². The predicted molar refractivity (Wildman–Crippen MR) is 23.5 cm³/mol. The van der Waals surface area contributed by atoms with Gasteiger partial charge in [0.1, 0.15) is 6.29 Å². The van der Waals surface area contributed by atoms with Crippen LogP contribution in [0.5, 0.6) is 0 Å². The third-order valence-corrected chi connectivity index (χ3v) is 0.702. The SMILES string of the molecule is O=CC=CP(=O)=O. The summed E-state index contributed by atoms with van der Waals surface area (Å²) in [5, 5.41) is 0. The smallest absolute Gasteiger partial charge is 0.299 e. The van der Waals surface area contributed by atoms with Gasteiger partial charge in [-0.2, -0.15) is 0 Å². The van der Waals surface area contributed by atoms with Crippen molar-refractivity contribution in [3.8, 4) is 0 Å². The van der Waals surface area contributed by atoms with E-state index >= 15 is 0 Å². The number of rotatable bonds is 2. The van der Waals surface area contributed by atoms with Crippen LogP contribution in [0.25, 0.3) is 0 Å². The van der Waals surface area contributed by atoms with E-state index in [0.717, 1.165) is 11.9 Å². The molecule has 4 heteroatoms. The van der Waals surface area contributed by atoms with E-state index in [-0.39, 0.29) is 0 Å². The van der Waals surface area contributed by atoms with Gasteiger partial charge in [0.2, 0.25) is 0 Å². The second-order valence-electron chi connectivity index (χ2n) is 0.763. The average Bonchev–Trinajstić information content (AvgIpc) is 1.61. The van der Waals surface area contributed by atoms with E-state index in [1.165, 1.54) is 0 Å². The molecule has 0 saturated heterocycles. The molecule has 0 aliphatic carbocycles. The van der Waals surface area contributed by atoms with E-state index in [1.54, 1.807) is 0 Å². The maximum absolute atomic E-state index is 9.55. The highest BCUT2D eigenvalue weighted by molar-refractivity contribution is 7.34. The van der Waals surface area contributed by atoms with Crippen LogP contribution in [0.3, 0.4) is 0 Å². The van der Waals surface area contributed by atoms with Crippen LogP contribution < -0.4 is 0 Å². The molecule has 0 saturated carbocycles. The van der Waals surface area contributed by atoms with Crippen molar-refractivity contribution >= 4 is 14.0 Å². The summed E-state index contributed by atoms with van der Waals surface area (Å²) < 4.78 is 19.1. The standard InChI is InChI=1S/C3H3O3P/c4-2-1-3-7(5)6/h1-3H. The molecule has 0 rings (SSSR count). The summed E-state index contributed by atoms with van der Waals surface area (Å²) in [6.45, 7) is 0. The first-order chi connectivity index (χ1) is 3.27. The molecule has 0 aliphatic rings. The summed E-state index contributed by atoms with van der Waals surface area (Å²) in [6.07, 6.45) is 1.33. The molecular formula is C3H3O3P. The normalized spacial score (nSPS) is 9.14. The number of allylic oxidation sites excluding steroid dienone is 1. The summed E-state index contributed by atoms with van der Waals surface area (Å²) >= 11 is 0. The van der Waals surface area contributed by atoms with Gasteiger partial charge in [-0.3, -0.25) is 4.79 Å². The lowest BCUT2D eigenvalue weighted by atomic mass is 10.7. The van der Waals surface area contributed by atoms with Gasteiger partial charge in [-0.25, -0.2) is 9.13 Å². The first-order valence-corrected chi connectivity index (χ1v) is 2.77. The Kier molecular flexibility index (Phi) is 3.15. The molecule has 0 aromatic heterocycles. The molecule has 0 radical (unpaired) electrons. The molecule has 38 valence electrons. The van der Waals surface area contributed by atoms with Gasteiger partial charge in [0, 0.05) is 5.82 Å². The van der Waals surface area contributed by atoms with Gasteiger partial charge in [-0.05, 0) is 6.08 Å². The summed E-state index contributed by atoms with van der Waals surface area (Å²) in [6, 6.07) is 0.